The lowest BCUT2D eigenvalue weighted by molar-refractivity contribution is 0.321. The Kier molecular flexibility index (Phi) is 5.28. The van der Waals surface area contributed by atoms with Crippen LogP contribution in [0.3, 0.4) is 0 Å². The number of ether oxygens (including phenoxy) is 1. The van der Waals surface area contributed by atoms with Crippen LogP contribution in [0, 0.1) is 6.92 Å². The molecule has 0 radical (unpaired) electrons. The highest BCUT2D eigenvalue weighted by molar-refractivity contribution is 7.79. The van der Waals surface area contributed by atoms with Gasteiger partial charge in [-0.3, -0.25) is 0 Å². The average Bonchev–Trinajstić information content (AvgIpc) is 2.83. The quantitative estimate of drug-likeness (QED) is 0.811. The molecule has 0 saturated heterocycles. The fraction of sp³-hybridized carbons (Fsp3) is 0.400. The van der Waals surface area contributed by atoms with Crippen molar-refractivity contribution >= 4 is 24.0 Å². The second-order valence-electron chi connectivity index (χ2n) is 4.40. The van der Waals surface area contributed by atoms with Crippen LogP contribution in [0.25, 0.3) is 0 Å². The van der Waals surface area contributed by atoms with Gasteiger partial charge in [0.25, 0.3) is 0 Å². The van der Waals surface area contributed by atoms with Gasteiger partial charge in [0.15, 0.2) is 0 Å². The molecule has 0 aliphatic heterocycles. The van der Waals surface area contributed by atoms with E-state index in [1.165, 1.54) is 16.1 Å². The first-order valence-corrected chi connectivity index (χ1v) is 7.95. The molecule has 0 N–H and O–H groups in total. The van der Waals surface area contributed by atoms with Crippen LogP contribution in [0.4, 0.5) is 0 Å². The van der Waals surface area contributed by atoms with Crippen molar-refractivity contribution in [3.05, 3.63) is 45.4 Å². The number of aromatic nitrogens is 1. The molecular formula is C15H19NOS2. The summed E-state index contributed by atoms with van der Waals surface area (Å²) >= 11 is 6.10. The van der Waals surface area contributed by atoms with Gasteiger partial charge < -0.3 is 4.74 Å². The van der Waals surface area contributed by atoms with Gasteiger partial charge in [-0.05, 0) is 25.5 Å². The third kappa shape index (κ3) is 3.98. The lowest BCUT2D eigenvalue weighted by atomic mass is 10.2. The highest BCUT2D eigenvalue weighted by Gasteiger charge is 2.08. The molecule has 2 nitrogen and oxygen atoms in total. The maximum Gasteiger partial charge on any atom is 0.119 e. The number of nitrogens with zero attached hydrogens (tertiary/aromatic N) is 1. The van der Waals surface area contributed by atoms with E-state index < -0.39 is 0 Å². The van der Waals surface area contributed by atoms with Gasteiger partial charge in [0.1, 0.15) is 5.75 Å². The van der Waals surface area contributed by atoms with E-state index in [-0.39, 0.29) is 0 Å². The lowest BCUT2D eigenvalue weighted by Gasteiger charge is -2.04. The first kappa shape index (κ1) is 14.4. The van der Waals surface area contributed by atoms with E-state index in [0.29, 0.717) is 6.61 Å². The highest BCUT2D eigenvalue weighted by atomic mass is 32.1. The van der Waals surface area contributed by atoms with Crippen LogP contribution >= 0.6 is 24.0 Å². The number of rotatable bonds is 6. The van der Waals surface area contributed by atoms with Crippen molar-refractivity contribution in [3.8, 4) is 5.75 Å². The van der Waals surface area contributed by atoms with Crippen molar-refractivity contribution in [2.24, 2.45) is 0 Å². The molecule has 0 fully saturated rings. The number of thiazole rings is 1. The number of thiol groups is 1. The molecule has 0 atom stereocenters. The molecule has 1 aromatic heterocycles. The predicted molar refractivity (Wildman–Crippen MR) is 84.6 cm³/mol. The predicted octanol–water partition coefficient (Wildman–Crippen LogP) is 4.07. The summed E-state index contributed by atoms with van der Waals surface area (Å²) in [5.41, 5.74) is 2.43. The Morgan fingerprint density at radius 3 is 2.58 bits per heavy atom. The van der Waals surface area contributed by atoms with Crippen LogP contribution in [0.15, 0.2) is 24.3 Å². The van der Waals surface area contributed by atoms with Crippen LogP contribution in [0.5, 0.6) is 5.75 Å². The van der Waals surface area contributed by atoms with E-state index in [9.17, 15) is 0 Å². The number of benzene rings is 1. The Morgan fingerprint density at radius 2 is 2.00 bits per heavy atom. The van der Waals surface area contributed by atoms with Crippen LogP contribution < -0.4 is 4.74 Å². The van der Waals surface area contributed by atoms with Gasteiger partial charge in [-0.1, -0.05) is 24.6 Å². The summed E-state index contributed by atoms with van der Waals surface area (Å²) in [6.07, 6.45) is 1.84. The van der Waals surface area contributed by atoms with E-state index in [2.05, 4.69) is 43.6 Å². The van der Waals surface area contributed by atoms with Gasteiger partial charge in [0.2, 0.25) is 0 Å². The third-order valence-electron chi connectivity index (χ3n) is 2.91. The molecule has 0 aliphatic rings. The third-order valence-corrected chi connectivity index (χ3v) is 4.59. The molecule has 19 heavy (non-hydrogen) atoms. The average molecular weight is 293 g/mol. The van der Waals surface area contributed by atoms with Gasteiger partial charge >= 0.3 is 0 Å². The Balaban J connectivity index is 1.88. The van der Waals surface area contributed by atoms with Crippen LogP contribution in [-0.4, -0.2) is 11.6 Å². The Morgan fingerprint density at radius 1 is 1.26 bits per heavy atom. The lowest BCUT2D eigenvalue weighted by Crippen LogP contribution is -2.01. The molecule has 2 aromatic rings. The van der Waals surface area contributed by atoms with Gasteiger partial charge in [-0.15, -0.1) is 11.3 Å². The first-order chi connectivity index (χ1) is 9.22. The monoisotopic (exact) mass is 293 g/mol. The largest absolute Gasteiger partial charge is 0.493 e. The van der Waals surface area contributed by atoms with E-state index >= 15 is 0 Å². The van der Waals surface area contributed by atoms with Crippen LogP contribution in [0.1, 0.15) is 28.1 Å². The maximum absolute atomic E-state index is 5.73. The summed E-state index contributed by atoms with van der Waals surface area (Å²) in [5, 5.41) is 1.15. The molecule has 0 saturated carbocycles. The summed E-state index contributed by atoms with van der Waals surface area (Å²) in [6.45, 7) is 4.88. The summed E-state index contributed by atoms with van der Waals surface area (Å²) in [6, 6.07) is 8.14. The molecule has 0 spiro atoms. The zero-order valence-corrected chi connectivity index (χ0v) is 13.1. The topological polar surface area (TPSA) is 22.1 Å². The second-order valence-corrected chi connectivity index (χ2v) is 5.89. The minimum Gasteiger partial charge on any atom is -0.493 e. The smallest absolute Gasteiger partial charge is 0.119 e. The SMILES string of the molecule is CCc1nc(CCOc2ccc(C)cc2)sc1CS. The molecule has 2 rings (SSSR count). The second kappa shape index (κ2) is 6.96. The van der Waals surface area contributed by atoms with Crippen molar-refractivity contribution in [1.82, 2.24) is 4.98 Å². The van der Waals surface area contributed by atoms with Crippen molar-refractivity contribution in [2.75, 3.05) is 6.61 Å². The van der Waals surface area contributed by atoms with Crippen molar-refractivity contribution in [1.29, 1.82) is 0 Å². The van der Waals surface area contributed by atoms with Gasteiger partial charge in [-0.25, -0.2) is 4.98 Å². The molecule has 0 amide bonds. The minimum atomic E-state index is 0.672. The van der Waals surface area contributed by atoms with Crippen molar-refractivity contribution in [3.63, 3.8) is 0 Å². The maximum atomic E-state index is 5.73. The van der Waals surface area contributed by atoms with Crippen LogP contribution in [-0.2, 0) is 18.6 Å². The Labute approximate surface area is 124 Å². The van der Waals surface area contributed by atoms with E-state index in [1.807, 2.05) is 12.1 Å². The zero-order valence-electron chi connectivity index (χ0n) is 11.3. The Hall–Kier alpha value is -1.00. The molecule has 1 heterocycles. The minimum absolute atomic E-state index is 0.672. The van der Waals surface area contributed by atoms with Crippen LogP contribution in [0.2, 0.25) is 0 Å². The Bertz CT molecular complexity index is 498. The number of hydrogen-bond donors (Lipinski definition) is 1. The summed E-state index contributed by atoms with van der Waals surface area (Å²) < 4.78 is 5.73. The molecule has 0 aliphatic carbocycles. The molecule has 4 heteroatoms. The zero-order chi connectivity index (χ0) is 13.7. The van der Waals surface area contributed by atoms with E-state index in [0.717, 1.165) is 29.4 Å². The van der Waals surface area contributed by atoms with Gasteiger partial charge in [-0.2, -0.15) is 12.6 Å². The number of aryl methyl sites for hydroxylation is 2. The standard InChI is InChI=1S/C15H19NOS2/c1-3-13-14(10-18)19-15(16-13)8-9-17-12-6-4-11(2)5-7-12/h4-7,18H,3,8-10H2,1-2H3. The normalized spacial score (nSPS) is 10.7. The van der Waals surface area contributed by atoms with Crippen molar-refractivity contribution < 1.29 is 4.74 Å². The van der Waals surface area contributed by atoms with Crippen molar-refractivity contribution in [2.45, 2.75) is 32.4 Å². The molecule has 0 bridgehead atoms. The molecule has 102 valence electrons. The first-order valence-electron chi connectivity index (χ1n) is 6.50. The molecule has 0 unspecified atom stereocenters. The van der Waals surface area contributed by atoms with E-state index in [1.54, 1.807) is 11.3 Å². The molecular weight excluding hydrogens is 274 g/mol. The molecule has 1 aromatic carbocycles. The van der Waals surface area contributed by atoms with Gasteiger partial charge in [0.05, 0.1) is 17.3 Å². The van der Waals surface area contributed by atoms with Gasteiger partial charge in [0, 0.05) is 17.1 Å². The summed E-state index contributed by atoms with van der Waals surface area (Å²) in [7, 11) is 0. The summed E-state index contributed by atoms with van der Waals surface area (Å²) in [5.74, 6) is 1.70. The highest BCUT2D eigenvalue weighted by Crippen LogP contribution is 2.21. The fourth-order valence-corrected chi connectivity index (χ4v) is 3.21. The van der Waals surface area contributed by atoms with E-state index in [4.69, 9.17) is 4.74 Å². The summed E-state index contributed by atoms with van der Waals surface area (Å²) in [4.78, 5) is 5.92. The fourth-order valence-electron chi connectivity index (χ4n) is 1.83. The number of hydrogen-bond acceptors (Lipinski definition) is 4.